The minimum atomic E-state index is 0.803. The molecule has 1 nitrogen and oxygen atoms in total. The van der Waals surface area contributed by atoms with E-state index in [0.717, 1.165) is 23.8 Å². The largest absolute Gasteiger partial charge is 0.313 e. The predicted octanol–water partition coefficient (Wildman–Crippen LogP) is 3.25. The Balaban J connectivity index is 1.71. The zero-order chi connectivity index (χ0) is 11.7. The molecule has 4 unspecified atom stereocenters. The molecule has 92 valence electrons. The van der Waals surface area contributed by atoms with Gasteiger partial charge in [-0.2, -0.15) is 0 Å². The van der Waals surface area contributed by atoms with Crippen LogP contribution in [0.25, 0.3) is 0 Å². The lowest BCUT2D eigenvalue weighted by Crippen LogP contribution is -2.41. The Morgan fingerprint density at radius 2 is 1.94 bits per heavy atom. The summed E-state index contributed by atoms with van der Waals surface area (Å²) in [5.74, 6) is 2.72. The molecular weight excluding hydrogens is 206 g/mol. The molecule has 1 heteroatoms. The summed E-state index contributed by atoms with van der Waals surface area (Å²) in [6.45, 7) is 3.67. The molecule has 2 aliphatic rings. The van der Waals surface area contributed by atoms with Crippen molar-refractivity contribution in [3.8, 4) is 0 Å². The minimum absolute atomic E-state index is 0.803. The van der Waals surface area contributed by atoms with Crippen LogP contribution in [0.5, 0.6) is 0 Å². The fourth-order valence-corrected chi connectivity index (χ4v) is 3.94. The second kappa shape index (κ2) is 4.81. The second-order valence-electron chi connectivity index (χ2n) is 5.94. The number of nitrogens with one attached hydrogen (secondary N) is 1. The molecule has 17 heavy (non-hydrogen) atoms. The molecule has 1 saturated carbocycles. The van der Waals surface area contributed by atoms with Crippen molar-refractivity contribution in [2.45, 2.75) is 38.6 Å². The molecule has 1 saturated heterocycles. The fourth-order valence-electron chi connectivity index (χ4n) is 3.94. The average Bonchev–Trinajstić information content (AvgIpc) is 2.84. The Hall–Kier alpha value is -0.820. The van der Waals surface area contributed by atoms with Gasteiger partial charge in [0.25, 0.3) is 0 Å². The first kappa shape index (κ1) is 11.3. The summed E-state index contributed by atoms with van der Waals surface area (Å²) in [6.07, 6.45) is 5.52. The van der Waals surface area contributed by atoms with E-state index in [9.17, 15) is 0 Å². The molecule has 1 heterocycles. The fraction of sp³-hybridized carbons (Fsp3) is 0.625. The van der Waals surface area contributed by atoms with Crippen molar-refractivity contribution in [3.05, 3.63) is 35.9 Å². The zero-order valence-corrected chi connectivity index (χ0v) is 10.7. The minimum Gasteiger partial charge on any atom is -0.313 e. The Bertz CT molecular complexity index is 359. The van der Waals surface area contributed by atoms with Crippen LogP contribution in [0.2, 0.25) is 0 Å². The van der Waals surface area contributed by atoms with Crippen molar-refractivity contribution in [1.29, 1.82) is 0 Å². The molecule has 0 spiro atoms. The summed E-state index contributed by atoms with van der Waals surface area (Å²) in [7, 11) is 0. The first-order chi connectivity index (χ1) is 8.34. The molecule has 1 aromatic carbocycles. The van der Waals surface area contributed by atoms with Crippen molar-refractivity contribution in [2.75, 3.05) is 6.54 Å². The first-order valence-corrected chi connectivity index (χ1v) is 7.12. The molecule has 2 fully saturated rings. The normalized spacial score (nSPS) is 36.8. The van der Waals surface area contributed by atoms with Gasteiger partial charge in [0.05, 0.1) is 0 Å². The van der Waals surface area contributed by atoms with Gasteiger partial charge in [0.15, 0.2) is 0 Å². The van der Waals surface area contributed by atoms with E-state index >= 15 is 0 Å². The number of rotatable bonds is 2. The highest BCUT2D eigenvalue weighted by atomic mass is 15.0. The Labute approximate surface area is 105 Å². The van der Waals surface area contributed by atoms with Crippen LogP contribution in [0.3, 0.4) is 0 Å². The lowest BCUT2D eigenvalue weighted by molar-refractivity contribution is 0.165. The smallest absolute Gasteiger partial charge is 0.0124 e. The van der Waals surface area contributed by atoms with Crippen LogP contribution in [0.1, 0.15) is 31.7 Å². The van der Waals surface area contributed by atoms with Crippen LogP contribution in [0.4, 0.5) is 0 Å². The SMILES string of the molecule is CC1CCC(Cc2ccccc2)C2CCNC12. The van der Waals surface area contributed by atoms with Gasteiger partial charge in [-0.1, -0.05) is 37.3 Å². The third-order valence-corrected chi connectivity index (χ3v) is 4.87. The summed E-state index contributed by atoms with van der Waals surface area (Å²) in [5.41, 5.74) is 1.53. The number of hydrogen-bond acceptors (Lipinski definition) is 1. The Morgan fingerprint density at radius 3 is 2.76 bits per heavy atom. The monoisotopic (exact) mass is 229 g/mol. The highest BCUT2D eigenvalue weighted by molar-refractivity contribution is 5.16. The summed E-state index contributed by atoms with van der Waals surface area (Å²) in [4.78, 5) is 0. The van der Waals surface area contributed by atoms with Gasteiger partial charge in [-0.25, -0.2) is 0 Å². The molecule has 0 radical (unpaired) electrons. The highest BCUT2D eigenvalue weighted by Crippen LogP contribution is 2.40. The van der Waals surface area contributed by atoms with Crippen LogP contribution in [-0.4, -0.2) is 12.6 Å². The van der Waals surface area contributed by atoms with Crippen LogP contribution in [0, 0.1) is 17.8 Å². The van der Waals surface area contributed by atoms with E-state index in [1.165, 1.54) is 37.8 Å². The van der Waals surface area contributed by atoms with Crippen LogP contribution >= 0.6 is 0 Å². The van der Waals surface area contributed by atoms with Crippen molar-refractivity contribution in [2.24, 2.45) is 17.8 Å². The number of hydrogen-bond donors (Lipinski definition) is 1. The Morgan fingerprint density at radius 1 is 1.12 bits per heavy atom. The zero-order valence-electron chi connectivity index (χ0n) is 10.7. The molecule has 0 bridgehead atoms. The molecule has 0 aromatic heterocycles. The van der Waals surface area contributed by atoms with E-state index < -0.39 is 0 Å². The maximum absolute atomic E-state index is 3.72. The molecule has 1 aliphatic carbocycles. The van der Waals surface area contributed by atoms with E-state index in [2.05, 4.69) is 42.6 Å². The summed E-state index contributed by atoms with van der Waals surface area (Å²) >= 11 is 0. The van der Waals surface area contributed by atoms with E-state index in [4.69, 9.17) is 0 Å². The van der Waals surface area contributed by atoms with Gasteiger partial charge in [0, 0.05) is 6.04 Å². The molecule has 0 amide bonds. The lowest BCUT2D eigenvalue weighted by Gasteiger charge is -2.38. The maximum Gasteiger partial charge on any atom is 0.0124 e. The van der Waals surface area contributed by atoms with Gasteiger partial charge in [0.1, 0.15) is 0 Å². The van der Waals surface area contributed by atoms with Crippen LogP contribution in [0.15, 0.2) is 30.3 Å². The van der Waals surface area contributed by atoms with Crippen molar-refractivity contribution < 1.29 is 0 Å². The molecule has 1 N–H and O–H groups in total. The topological polar surface area (TPSA) is 12.0 Å². The van der Waals surface area contributed by atoms with Crippen LogP contribution in [-0.2, 0) is 6.42 Å². The molecular formula is C16H23N. The lowest BCUT2D eigenvalue weighted by atomic mass is 9.70. The molecule has 4 atom stereocenters. The van der Waals surface area contributed by atoms with Gasteiger partial charge in [0.2, 0.25) is 0 Å². The summed E-state index contributed by atoms with van der Waals surface area (Å²) in [6, 6.07) is 11.8. The van der Waals surface area contributed by atoms with Gasteiger partial charge >= 0.3 is 0 Å². The maximum atomic E-state index is 3.72. The highest BCUT2D eigenvalue weighted by Gasteiger charge is 2.39. The van der Waals surface area contributed by atoms with Gasteiger partial charge < -0.3 is 5.32 Å². The molecule has 1 aromatic rings. The standard InChI is InChI=1S/C16H23N/c1-12-7-8-14(15-9-10-17-16(12)15)11-13-5-3-2-4-6-13/h2-6,12,14-17H,7-11H2,1H3. The second-order valence-corrected chi connectivity index (χ2v) is 5.94. The van der Waals surface area contributed by atoms with E-state index in [1.54, 1.807) is 0 Å². The average molecular weight is 229 g/mol. The number of fused-ring (bicyclic) bond motifs is 1. The van der Waals surface area contributed by atoms with Crippen molar-refractivity contribution in [1.82, 2.24) is 5.32 Å². The van der Waals surface area contributed by atoms with E-state index in [1.807, 2.05) is 0 Å². The van der Waals surface area contributed by atoms with Crippen molar-refractivity contribution >= 4 is 0 Å². The van der Waals surface area contributed by atoms with E-state index in [0.29, 0.717) is 0 Å². The van der Waals surface area contributed by atoms with Gasteiger partial charge in [-0.05, 0) is 55.5 Å². The van der Waals surface area contributed by atoms with Gasteiger partial charge in [-0.15, -0.1) is 0 Å². The van der Waals surface area contributed by atoms with E-state index in [-0.39, 0.29) is 0 Å². The summed E-state index contributed by atoms with van der Waals surface area (Å²) < 4.78 is 0. The predicted molar refractivity (Wildman–Crippen MR) is 71.9 cm³/mol. The summed E-state index contributed by atoms with van der Waals surface area (Å²) in [5, 5.41) is 3.72. The molecule has 1 aliphatic heterocycles. The third kappa shape index (κ3) is 2.26. The first-order valence-electron chi connectivity index (χ1n) is 7.12. The van der Waals surface area contributed by atoms with Crippen molar-refractivity contribution in [3.63, 3.8) is 0 Å². The Kier molecular flexibility index (Phi) is 3.19. The van der Waals surface area contributed by atoms with Crippen LogP contribution < -0.4 is 5.32 Å². The quantitative estimate of drug-likeness (QED) is 0.821. The third-order valence-electron chi connectivity index (χ3n) is 4.87. The van der Waals surface area contributed by atoms with Gasteiger partial charge in [-0.3, -0.25) is 0 Å². The molecule has 3 rings (SSSR count). The number of benzene rings is 1.